The Bertz CT molecular complexity index is 187. The van der Waals surface area contributed by atoms with Gasteiger partial charge in [-0.05, 0) is 57.4 Å². The van der Waals surface area contributed by atoms with Crippen LogP contribution in [0.3, 0.4) is 0 Å². The summed E-state index contributed by atoms with van der Waals surface area (Å²) in [5.74, 6) is 1.77. The summed E-state index contributed by atoms with van der Waals surface area (Å²) in [5.41, 5.74) is 0. The number of nitrogens with one attached hydrogen (secondary N) is 1. The van der Waals surface area contributed by atoms with E-state index in [1.807, 2.05) is 0 Å². The molecule has 2 rings (SSSR count). The molecular formula is C13H25NO. The van der Waals surface area contributed by atoms with E-state index in [1.165, 1.54) is 32.1 Å². The molecule has 0 amide bonds. The standard InChI is InChI=1S/C13H25NO/c1-3-9-14-12(10-5-6-10)13(15-4-2)11-7-8-11/h10-14H,3-9H2,1-2H3. The van der Waals surface area contributed by atoms with Crippen molar-refractivity contribution in [2.45, 2.75) is 58.1 Å². The second kappa shape index (κ2) is 5.31. The SMILES string of the molecule is CCCNC(C1CC1)C(OCC)C1CC1. The molecule has 0 aliphatic heterocycles. The smallest absolute Gasteiger partial charge is 0.0758 e. The summed E-state index contributed by atoms with van der Waals surface area (Å²) >= 11 is 0. The lowest BCUT2D eigenvalue weighted by molar-refractivity contribution is 0.0134. The Balaban J connectivity index is 1.87. The van der Waals surface area contributed by atoms with Crippen molar-refractivity contribution in [3.63, 3.8) is 0 Å². The summed E-state index contributed by atoms with van der Waals surface area (Å²) in [6.45, 7) is 6.39. The maximum Gasteiger partial charge on any atom is 0.0758 e. The summed E-state index contributed by atoms with van der Waals surface area (Å²) in [5, 5.41) is 3.71. The van der Waals surface area contributed by atoms with Crippen LogP contribution in [0, 0.1) is 11.8 Å². The molecule has 0 spiro atoms. The maximum absolute atomic E-state index is 5.96. The van der Waals surface area contributed by atoms with Crippen molar-refractivity contribution in [3.05, 3.63) is 0 Å². The van der Waals surface area contributed by atoms with Gasteiger partial charge in [0.2, 0.25) is 0 Å². The Kier molecular flexibility index (Phi) is 4.04. The van der Waals surface area contributed by atoms with Crippen LogP contribution >= 0.6 is 0 Å². The number of hydrogen-bond acceptors (Lipinski definition) is 2. The fourth-order valence-electron chi connectivity index (χ4n) is 2.47. The molecule has 0 saturated heterocycles. The fourth-order valence-corrected chi connectivity index (χ4v) is 2.47. The van der Waals surface area contributed by atoms with Gasteiger partial charge in [0.25, 0.3) is 0 Å². The van der Waals surface area contributed by atoms with Gasteiger partial charge in [0.15, 0.2) is 0 Å². The van der Waals surface area contributed by atoms with E-state index in [-0.39, 0.29) is 0 Å². The molecule has 2 saturated carbocycles. The molecule has 0 aromatic carbocycles. The average molecular weight is 211 g/mol. The highest BCUT2D eigenvalue weighted by Gasteiger charge is 2.43. The van der Waals surface area contributed by atoms with E-state index < -0.39 is 0 Å². The zero-order valence-electron chi connectivity index (χ0n) is 10.2. The van der Waals surface area contributed by atoms with Crippen molar-refractivity contribution in [2.75, 3.05) is 13.2 Å². The molecule has 0 bridgehead atoms. The number of ether oxygens (including phenoxy) is 1. The summed E-state index contributed by atoms with van der Waals surface area (Å²) in [7, 11) is 0. The predicted molar refractivity (Wildman–Crippen MR) is 62.9 cm³/mol. The summed E-state index contributed by atoms with van der Waals surface area (Å²) in [4.78, 5) is 0. The molecular weight excluding hydrogens is 186 g/mol. The Labute approximate surface area is 93.8 Å². The van der Waals surface area contributed by atoms with Gasteiger partial charge in [-0.3, -0.25) is 0 Å². The summed E-state index contributed by atoms with van der Waals surface area (Å²) in [6, 6.07) is 0.650. The van der Waals surface area contributed by atoms with Gasteiger partial charge in [-0.25, -0.2) is 0 Å². The van der Waals surface area contributed by atoms with Crippen LogP contribution in [0.5, 0.6) is 0 Å². The minimum Gasteiger partial charge on any atom is -0.377 e. The van der Waals surface area contributed by atoms with E-state index >= 15 is 0 Å². The molecule has 2 aliphatic carbocycles. The van der Waals surface area contributed by atoms with Crippen LogP contribution in [0.4, 0.5) is 0 Å². The van der Waals surface area contributed by atoms with Crippen molar-refractivity contribution in [3.8, 4) is 0 Å². The van der Waals surface area contributed by atoms with Crippen molar-refractivity contribution in [1.29, 1.82) is 0 Å². The van der Waals surface area contributed by atoms with Gasteiger partial charge in [0.05, 0.1) is 6.10 Å². The molecule has 2 fully saturated rings. The second-order valence-corrected chi connectivity index (χ2v) is 5.07. The van der Waals surface area contributed by atoms with Crippen LogP contribution < -0.4 is 5.32 Å². The van der Waals surface area contributed by atoms with Gasteiger partial charge in [0.1, 0.15) is 0 Å². The van der Waals surface area contributed by atoms with E-state index in [0.29, 0.717) is 12.1 Å². The largest absolute Gasteiger partial charge is 0.377 e. The first-order valence-corrected chi connectivity index (χ1v) is 6.71. The molecule has 2 nitrogen and oxygen atoms in total. The van der Waals surface area contributed by atoms with Gasteiger partial charge < -0.3 is 10.1 Å². The van der Waals surface area contributed by atoms with Crippen LogP contribution in [0.15, 0.2) is 0 Å². The molecule has 0 radical (unpaired) electrons. The minimum absolute atomic E-state index is 0.508. The zero-order chi connectivity index (χ0) is 10.7. The molecule has 2 unspecified atom stereocenters. The minimum atomic E-state index is 0.508. The highest BCUT2D eigenvalue weighted by Crippen LogP contribution is 2.42. The topological polar surface area (TPSA) is 21.3 Å². The van der Waals surface area contributed by atoms with Gasteiger partial charge in [-0.15, -0.1) is 0 Å². The van der Waals surface area contributed by atoms with Crippen LogP contribution in [-0.2, 0) is 4.74 Å². The van der Waals surface area contributed by atoms with Crippen LogP contribution in [0.2, 0.25) is 0 Å². The molecule has 0 heterocycles. The molecule has 2 aliphatic rings. The molecule has 0 aromatic rings. The predicted octanol–water partition coefficient (Wildman–Crippen LogP) is 2.58. The lowest BCUT2D eigenvalue weighted by atomic mass is 10.0. The van der Waals surface area contributed by atoms with E-state index in [0.717, 1.165) is 25.0 Å². The Hall–Kier alpha value is -0.0800. The number of rotatable bonds is 8. The molecule has 0 aromatic heterocycles. The second-order valence-electron chi connectivity index (χ2n) is 5.07. The van der Waals surface area contributed by atoms with E-state index in [9.17, 15) is 0 Å². The Morgan fingerprint density at radius 1 is 1.13 bits per heavy atom. The highest BCUT2D eigenvalue weighted by atomic mass is 16.5. The van der Waals surface area contributed by atoms with E-state index in [1.54, 1.807) is 0 Å². The average Bonchev–Trinajstić information content (AvgIpc) is 3.07. The summed E-state index contributed by atoms with van der Waals surface area (Å²) < 4.78 is 5.96. The molecule has 2 heteroatoms. The lowest BCUT2D eigenvalue weighted by Gasteiger charge is -2.28. The van der Waals surface area contributed by atoms with E-state index in [4.69, 9.17) is 4.74 Å². The number of hydrogen-bond donors (Lipinski definition) is 1. The normalized spacial score (nSPS) is 25.2. The van der Waals surface area contributed by atoms with Crippen molar-refractivity contribution >= 4 is 0 Å². The molecule has 1 N–H and O–H groups in total. The Morgan fingerprint density at radius 3 is 2.27 bits per heavy atom. The Morgan fingerprint density at radius 2 is 1.80 bits per heavy atom. The third kappa shape index (κ3) is 3.18. The lowest BCUT2D eigenvalue weighted by Crippen LogP contribution is -2.44. The fraction of sp³-hybridized carbons (Fsp3) is 1.00. The molecule has 88 valence electrons. The highest BCUT2D eigenvalue weighted by molar-refractivity contribution is 4.97. The third-order valence-electron chi connectivity index (χ3n) is 3.56. The first-order valence-electron chi connectivity index (χ1n) is 6.71. The van der Waals surface area contributed by atoms with Crippen molar-refractivity contribution in [2.24, 2.45) is 11.8 Å². The van der Waals surface area contributed by atoms with Gasteiger partial charge >= 0.3 is 0 Å². The van der Waals surface area contributed by atoms with Gasteiger partial charge in [-0.1, -0.05) is 6.92 Å². The molecule has 2 atom stereocenters. The van der Waals surface area contributed by atoms with Gasteiger partial charge in [0, 0.05) is 12.6 Å². The van der Waals surface area contributed by atoms with Crippen molar-refractivity contribution < 1.29 is 4.74 Å². The first-order chi connectivity index (χ1) is 7.36. The maximum atomic E-state index is 5.96. The van der Waals surface area contributed by atoms with E-state index in [2.05, 4.69) is 19.2 Å². The monoisotopic (exact) mass is 211 g/mol. The zero-order valence-corrected chi connectivity index (χ0v) is 10.2. The summed E-state index contributed by atoms with van der Waals surface area (Å²) in [6.07, 6.45) is 7.35. The van der Waals surface area contributed by atoms with Crippen LogP contribution in [-0.4, -0.2) is 25.3 Å². The molecule has 15 heavy (non-hydrogen) atoms. The quantitative estimate of drug-likeness (QED) is 0.666. The van der Waals surface area contributed by atoms with Gasteiger partial charge in [-0.2, -0.15) is 0 Å². The first kappa shape index (κ1) is 11.4. The van der Waals surface area contributed by atoms with Crippen LogP contribution in [0.25, 0.3) is 0 Å². The third-order valence-corrected chi connectivity index (χ3v) is 3.56. The van der Waals surface area contributed by atoms with Crippen LogP contribution in [0.1, 0.15) is 46.0 Å². The van der Waals surface area contributed by atoms with Crippen molar-refractivity contribution in [1.82, 2.24) is 5.32 Å².